The van der Waals surface area contributed by atoms with Crippen molar-refractivity contribution in [3.05, 3.63) is 65.7 Å². The number of carbonyl (C=O) groups is 1. The van der Waals surface area contributed by atoms with Crippen molar-refractivity contribution in [1.29, 1.82) is 0 Å². The summed E-state index contributed by atoms with van der Waals surface area (Å²) in [6.07, 6.45) is 42.3. The summed E-state index contributed by atoms with van der Waals surface area (Å²) in [5.74, 6) is -0.187. The molecule has 1 heterocycles. The third-order valence-corrected chi connectivity index (χ3v) is 10.1. The normalized spacial score (nSPS) is 12.3. The first-order chi connectivity index (χ1) is 24.9. The number of hydrogen-bond acceptors (Lipinski definition) is 3. The summed E-state index contributed by atoms with van der Waals surface area (Å²) >= 11 is 0. The van der Waals surface area contributed by atoms with Crippen LogP contribution in [0.5, 0.6) is 0 Å². The number of hydrogen-bond donors (Lipinski definition) is 0. The topological polar surface area (TPSA) is 39.4 Å². The molecular formula is C47H82NO3+. The van der Waals surface area contributed by atoms with Crippen LogP contribution in [0.15, 0.2) is 48.8 Å². The standard InChI is InChI=1S/C47H82NO3/c1-7-9-11-13-15-17-19-21-23-25-27-29-31-33-35-37-50-45(6)46(41-48-43(4)39-42(3)40-44(48)5)47(49)51-38-36-34-32-30-28-26-24-22-20-18-16-14-12-10-8-2/h19-22,39-40,46H,6-18,23-38,41H2,1-5H3/q+1/b21-19-,22-20-. The number of pyridine rings is 1. The Bertz CT molecular complexity index is 981. The molecule has 4 heteroatoms. The number of aromatic nitrogens is 1. The van der Waals surface area contributed by atoms with E-state index < -0.39 is 5.92 Å². The van der Waals surface area contributed by atoms with E-state index in [4.69, 9.17) is 9.47 Å². The zero-order valence-electron chi connectivity index (χ0n) is 34.4. The van der Waals surface area contributed by atoms with Crippen molar-refractivity contribution in [2.75, 3.05) is 13.2 Å². The van der Waals surface area contributed by atoms with Gasteiger partial charge >= 0.3 is 5.97 Å². The molecule has 1 atom stereocenters. The second-order valence-electron chi connectivity index (χ2n) is 15.1. The molecule has 0 saturated carbocycles. The van der Waals surface area contributed by atoms with Crippen molar-refractivity contribution >= 4 is 5.97 Å². The Kier molecular flexibility index (Phi) is 30.6. The molecule has 0 aromatic carbocycles. The van der Waals surface area contributed by atoms with Crippen LogP contribution in [-0.4, -0.2) is 19.2 Å². The molecule has 51 heavy (non-hydrogen) atoms. The average molecular weight is 709 g/mol. The molecule has 1 rings (SSSR count). The van der Waals surface area contributed by atoms with Gasteiger partial charge in [-0.25, -0.2) is 0 Å². The van der Waals surface area contributed by atoms with E-state index in [1.807, 2.05) is 0 Å². The number of nitrogens with zero attached hydrogens (tertiary/aromatic N) is 1. The van der Waals surface area contributed by atoms with E-state index >= 15 is 0 Å². The van der Waals surface area contributed by atoms with Gasteiger partial charge < -0.3 is 9.47 Å². The van der Waals surface area contributed by atoms with Crippen LogP contribution in [0.1, 0.15) is 198 Å². The smallest absolute Gasteiger partial charge is 0.323 e. The molecule has 0 aliphatic rings. The van der Waals surface area contributed by atoms with Gasteiger partial charge in [-0.15, -0.1) is 0 Å². The highest BCUT2D eigenvalue weighted by molar-refractivity contribution is 5.74. The van der Waals surface area contributed by atoms with Gasteiger partial charge in [-0.05, 0) is 76.7 Å². The van der Waals surface area contributed by atoms with Crippen molar-refractivity contribution in [1.82, 2.24) is 0 Å². The number of allylic oxidation sites excluding steroid dienone is 4. The van der Waals surface area contributed by atoms with Crippen molar-refractivity contribution in [2.45, 2.75) is 208 Å². The molecule has 1 aromatic rings. The predicted octanol–water partition coefficient (Wildman–Crippen LogP) is 13.9. The zero-order chi connectivity index (χ0) is 37.2. The van der Waals surface area contributed by atoms with Crippen LogP contribution in [0.3, 0.4) is 0 Å². The number of ether oxygens (including phenoxy) is 2. The number of aryl methyl sites for hydroxylation is 3. The zero-order valence-corrected chi connectivity index (χ0v) is 34.4. The Labute approximate surface area is 317 Å². The molecule has 0 aliphatic carbocycles. The highest BCUT2D eigenvalue weighted by Gasteiger charge is 2.31. The Morgan fingerprint density at radius 1 is 0.569 bits per heavy atom. The Morgan fingerprint density at radius 3 is 1.33 bits per heavy atom. The lowest BCUT2D eigenvalue weighted by atomic mass is 10.1. The largest absolute Gasteiger partial charge is 0.497 e. The molecule has 0 N–H and O–H groups in total. The third kappa shape index (κ3) is 26.1. The van der Waals surface area contributed by atoms with Crippen LogP contribution in [0.2, 0.25) is 0 Å². The first-order valence-electron chi connectivity index (χ1n) is 21.7. The van der Waals surface area contributed by atoms with Gasteiger partial charge in [-0.1, -0.05) is 147 Å². The predicted molar refractivity (Wildman–Crippen MR) is 220 cm³/mol. The maximum Gasteiger partial charge on any atom is 0.323 e. The number of rotatable bonds is 35. The number of esters is 1. The van der Waals surface area contributed by atoms with E-state index in [0.717, 1.165) is 37.1 Å². The maximum absolute atomic E-state index is 13.4. The van der Waals surface area contributed by atoms with Crippen LogP contribution < -0.4 is 4.57 Å². The lowest BCUT2D eigenvalue weighted by Gasteiger charge is -2.18. The number of carbonyl (C=O) groups excluding carboxylic acids is 1. The fraction of sp³-hybridized carbons (Fsp3) is 0.745. The van der Waals surface area contributed by atoms with Gasteiger partial charge in [0.05, 0.1) is 13.2 Å². The van der Waals surface area contributed by atoms with Gasteiger partial charge in [0.15, 0.2) is 23.9 Å². The fourth-order valence-corrected chi connectivity index (χ4v) is 6.84. The van der Waals surface area contributed by atoms with E-state index in [0.29, 0.717) is 25.5 Å². The molecule has 0 fully saturated rings. The highest BCUT2D eigenvalue weighted by atomic mass is 16.5. The molecule has 0 aliphatic heterocycles. The summed E-state index contributed by atoms with van der Waals surface area (Å²) in [5, 5.41) is 0. The van der Waals surface area contributed by atoms with Crippen molar-refractivity contribution in [3.63, 3.8) is 0 Å². The van der Waals surface area contributed by atoms with Crippen LogP contribution in [0.25, 0.3) is 0 Å². The van der Waals surface area contributed by atoms with Crippen LogP contribution in [-0.2, 0) is 20.8 Å². The molecule has 292 valence electrons. The minimum atomic E-state index is -0.510. The Balaban J connectivity index is 2.32. The summed E-state index contributed by atoms with van der Waals surface area (Å²) in [6, 6.07) is 4.33. The third-order valence-electron chi connectivity index (χ3n) is 10.1. The molecular weight excluding hydrogens is 627 g/mol. The summed E-state index contributed by atoms with van der Waals surface area (Å²) in [6.45, 7) is 16.7. The fourth-order valence-electron chi connectivity index (χ4n) is 6.84. The van der Waals surface area contributed by atoms with Crippen molar-refractivity contribution in [3.8, 4) is 0 Å². The first-order valence-corrected chi connectivity index (χ1v) is 21.7. The summed E-state index contributed by atoms with van der Waals surface area (Å²) in [7, 11) is 0. The second kappa shape index (κ2) is 33.5. The minimum Gasteiger partial charge on any atom is -0.497 e. The summed E-state index contributed by atoms with van der Waals surface area (Å²) in [4.78, 5) is 13.4. The molecule has 0 spiro atoms. The van der Waals surface area contributed by atoms with Crippen molar-refractivity contribution in [2.24, 2.45) is 5.92 Å². The van der Waals surface area contributed by atoms with Gasteiger partial charge in [0.1, 0.15) is 5.76 Å². The van der Waals surface area contributed by atoms with Crippen LogP contribution in [0, 0.1) is 26.7 Å². The molecule has 1 aromatic heterocycles. The lowest BCUT2D eigenvalue weighted by molar-refractivity contribution is -0.712. The monoisotopic (exact) mass is 709 g/mol. The second-order valence-corrected chi connectivity index (χ2v) is 15.1. The highest BCUT2D eigenvalue weighted by Crippen LogP contribution is 2.18. The molecule has 0 radical (unpaired) electrons. The first kappa shape index (κ1) is 46.7. The number of unbranched alkanes of at least 4 members (excludes halogenated alkanes) is 22. The van der Waals surface area contributed by atoms with Gasteiger partial charge in [-0.3, -0.25) is 4.79 Å². The van der Waals surface area contributed by atoms with E-state index in [2.05, 4.69) is 82.2 Å². The molecule has 1 unspecified atom stereocenters. The summed E-state index contributed by atoms with van der Waals surface area (Å²) in [5.41, 5.74) is 3.49. The molecule has 4 nitrogen and oxygen atoms in total. The van der Waals surface area contributed by atoms with E-state index in [9.17, 15) is 4.79 Å². The molecule has 0 bridgehead atoms. The van der Waals surface area contributed by atoms with E-state index in [-0.39, 0.29) is 5.97 Å². The van der Waals surface area contributed by atoms with Gasteiger partial charge in [-0.2, -0.15) is 4.57 Å². The minimum absolute atomic E-state index is 0.213. The summed E-state index contributed by atoms with van der Waals surface area (Å²) < 4.78 is 14.2. The van der Waals surface area contributed by atoms with E-state index in [1.54, 1.807) is 0 Å². The van der Waals surface area contributed by atoms with Crippen LogP contribution >= 0.6 is 0 Å². The quantitative estimate of drug-likeness (QED) is 0.0232. The average Bonchev–Trinajstić information content (AvgIpc) is 3.10. The van der Waals surface area contributed by atoms with Gasteiger partial charge in [0.2, 0.25) is 0 Å². The van der Waals surface area contributed by atoms with Gasteiger partial charge in [0, 0.05) is 26.0 Å². The Hall–Kier alpha value is -2.36. The van der Waals surface area contributed by atoms with Crippen molar-refractivity contribution < 1.29 is 18.8 Å². The maximum atomic E-state index is 13.4. The van der Waals surface area contributed by atoms with E-state index in [1.165, 1.54) is 147 Å². The van der Waals surface area contributed by atoms with Crippen LogP contribution in [0.4, 0.5) is 0 Å². The SMILES string of the molecule is C=C(OCCCCCCCC/C=C\CCCCCCC)C(C[n+]1c(C)cc(C)cc1C)C(=O)OCCCCCCCC/C=C\CCCCCCC. The molecule has 0 amide bonds. The molecule has 0 saturated heterocycles. The Morgan fingerprint density at radius 2 is 0.922 bits per heavy atom. The van der Waals surface area contributed by atoms with Gasteiger partial charge in [0.25, 0.3) is 0 Å². The lowest BCUT2D eigenvalue weighted by Crippen LogP contribution is -2.46.